The van der Waals surface area contributed by atoms with Gasteiger partial charge in [0.25, 0.3) is 0 Å². The fraction of sp³-hybridized carbons (Fsp3) is 0.478. The van der Waals surface area contributed by atoms with Gasteiger partial charge in [-0.25, -0.2) is 0 Å². The van der Waals surface area contributed by atoms with Crippen LogP contribution in [0.2, 0.25) is 0 Å². The molecule has 0 bridgehead atoms. The van der Waals surface area contributed by atoms with Crippen molar-refractivity contribution in [3.63, 3.8) is 0 Å². The van der Waals surface area contributed by atoms with Gasteiger partial charge in [0, 0.05) is 32.2 Å². The van der Waals surface area contributed by atoms with Gasteiger partial charge in [-0.1, -0.05) is 30.3 Å². The van der Waals surface area contributed by atoms with Crippen LogP contribution >= 0.6 is 0 Å². The van der Waals surface area contributed by atoms with Gasteiger partial charge in [0.2, 0.25) is 11.8 Å². The number of rotatable bonds is 5. The molecule has 1 N–H and O–H groups in total. The minimum atomic E-state index is -0.506. The van der Waals surface area contributed by atoms with Crippen molar-refractivity contribution in [3.05, 3.63) is 60.1 Å². The van der Waals surface area contributed by atoms with E-state index in [-0.39, 0.29) is 17.7 Å². The van der Waals surface area contributed by atoms with Crippen molar-refractivity contribution in [1.29, 1.82) is 0 Å². The molecule has 2 aromatic rings. The Bertz CT molecular complexity index is 805. The summed E-state index contributed by atoms with van der Waals surface area (Å²) in [4.78, 5) is 28.0. The second-order valence-electron chi connectivity index (χ2n) is 7.92. The maximum Gasteiger partial charge on any atom is 0.233 e. The highest BCUT2D eigenvalue weighted by molar-refractivity contribution is 5.89. The molecule has 0 spiro atoms. The summed E-state index contributed by atoms with van der Waals surface area (Å²) in [5.41, 5.74) is 0.570. The molecule has 2 saturated heterocycles. The number of hydrogen-bond donors (Lipinski definition) is 1. The maximum absolute atomic E-state index is 13.6. The second-order valence-corrected chi connectivity index (χ2v) is 7.92. The zero-order valence-corrected chi connectivity index (χ0v) is 16.6. The Morgan fingerprint density at radius 2 is 1.76 bits per heavy atom. The highest BCUT2D eigenvalue weighted by Gasteiger charge is 2.44. The minimum absolute atomic E-state index is 0.0392. The Balaban J connectivity index is 1.38. The van der Waals surface area contributed by atoms with Crippen molar-refractivity contribution in [1.82, 2.24) is 10.2 Å². The van der Waals surface area contributed by atoms with E-state index < -0.39 is 5.41 Å². The highest BCUT2D eigenvalue weighted by atomic mass is 16.5. The molecule has 2 aliphatic heterocycles. The molecule has 2 amide bonds. The van der Waals surface area contributed by atoms with Crippen LogP contribution in [0.3, 0.4) is 0 Å². The summed E-state index contributed by atoms with van der Waals surface area (Å²) in [6.07, 6.45) is 4.40. The molecule has 6 heteroatoms. The van der Waals surface area contributed by atoms with Gasteiger partial charge >= 0.3 is 0 Å². The highest BCUT2D eigenvalue weighted by Crippen LogP contribution is 2.37. The molecule has 0 unspecified atom stereocenters. The first-order valence-corrected chi connectivity index (χ1v) is 10.4. The standard InChI is InChI=1S/C23H28N2O4/c26-21(24-17-20-7-4-14-29-20)18-8-12-25(13-9-18)22(27)23(10-15-28-16-11-23)19-5-2-1-3-6-19/h1-7,14,18H,8-13,15-17H2,(H,24,26). The van der Waals surface area contributed by atoms with Crippen LogP contribution in [0.5, 0.6) is 0 Å². The monoisotopic (exact) mass is 396 g/mol. The third-order valence-corrected chi connectivity index (χ3v) is 6.25. The van der Waals surface area contributed by atoms with Crippen LogP contribution in [-0.2, 0) is 26.3 Å². The number of likely N-dealkylation sites (tertiary alicyclic amines) is 1. The molecule has 2 aliphatic rings. The molecule has 0 radical (unpaired) electrons. The Morgan fingerprint density at radius 1 is 1.03 bits per heavy atom. The molecule has 4 rings (SSSR count). The summed E-state index contributed by atoms with van der Waals surface area (Å²) < 4.78 is 10.8. The molecule has 154 valence electrons. The average molecular weight is 396 g/mol. The SMILES string of the molecule is O=C(NCc1ccco1)C1CCN(C(=O)C2(c3ccccc3)CCOCC2)CC1. The van der Waals surface area contributed by atoms with Gasteiger partial charge in [-0.2, -0.15) is 0 Å². The lowest BCUT2D eigenvalue weighted by atomic mass is 9.72. The van der Waals surface area contributed by atoms with Crippen LogP contribution in [0.1, 0.15) is 37.0 Å². The fourth-order valence-corrected chi connectivity index (χ4v) is 4.48. The zero-order chi connectivity index (χ0) is 20.1. The van der Waals surface area contributed by atoms with Crippen LogP contribution in [0.15, 0.2) is 53.1 Å². The third-order valence-electron chi connectivity index (χ3n) is 6.25. The van der Waals surface area contributed by atoms with Crippen LogP contribution < -0.4 is 5.32 Å². The number of furan rings is 1. The van der Waals surface area contributed by atoms with E-state index in [0.29, 0.717) is 58.5 Å². The maximum atomic E-state index is 13.6. The Labute approximate surface area is 171 Å². The molecular weight excluding hydrogens is 368 g/mol. The first kappa shape index (κ1) is 19.7. The third kappa shape index (κ3) is 4.22. The number of amides is 2. The number of benzene rings is 1. The number of piperidine rings is 1. The lowest BCUT2D eigenvalue weighted by molar-refractivity contribution is -0.144. The van der Waals surface area contributed by atoms with Gasteiger partial charge in [0.05, 0.1) is 18.2 Å². The molecule has 29 heavy (non-hydrogen) atoms. The predicted octanol–water partition coefficient (Wildman–Crippen LogP) is 2.88. The van der Waals surface area contributed by atoms with Crippen molar-refractivity contribution in [2.75, 3.05) is 26.3 Å². The van der Waals surface area contributed by atoms with Crippen LogP contribution in [0.4, 0.5) is 0 Å². The number of carbonyl (C=O) groups is 2. The molecule has 0 saturated carbocycles. The van der Waals surface area contributed by atoms with Crippen molar-refractivity contribution in [2.24, 2.45) is 5.92 Å². The summed E-state index contributed by atoms with van der Waals surface area (Å²) >= 11 is 0. The van der Waals surface area contributed by atoms with E-state index in [1.54, 1.807) is 6.26 Å². The number of ether oxygens (including phenoxy) is 1. The fourth-order valence-electron chi connectivity index (χ4n) is 4.48. The lowest BCUT2D eigenvalue weighted by Gasteiger charge is -2.42. The molecule has 3 heterocycles. The topological polar surface area (TPSA) is 71.8 Å². The van der Waals surface area contributed by atoms with E-state index >= 15 is 0 Å². The summed E-state index contributed by atoms with van der Waals surface area (Å²) in [6.45, 7) is 2.85. The predicted molar refractivity (Wildman–Crippen MR) is 108 cm³/mol. The average Bonchev–Trinajstić information content (AvgIpc) is 3.32. The van der Waals surface area contributed by atoms with E-state index in [0.717, 1.165) is 11.3 Å². The van der Waals surface area contributed by atoms with Crippen molar-refractivity contribution < 1.29 is 18.7 Å². The largest absolute Gasteiger partial charge is 0.467 e. The van der Waals surface area contributed by atoms with Crippen LogP contribution in [-0.4, -0.2) is 43.0 Å². The summed E-state index contributed by atoms with van der Waals surface area (Å²) in [6, 6.07) is 13.7. The van der Waals surface area contributed by atoms with Gasteiger partial charge in [-0.3, -0.25) is 9.59 Å². The first-order valence-electron chi connectivity index (χ1n) is 10.4. The van der Waals surface area contributed by atoms with Gasteiger partial charge in [-0.15, -0.1) is 0 Å². The Morgan fingerprint density at radius 3 is 2.41 bits per heavy atom. The molecule has 0 atom stereocenters. The second kappa shape index (κ2) is 8.82. The summed E-state index contributed by atoms with van der Waals surface area (Å²) in [7, 11) is 0. The quantitative estimate of drug-likeness (QED) is 0.844. The van der Waals surface area contributed by atoms with Gasteiger partial charge in [0.15, 0.2) is 0 Å². The van der Waals surface area contributed by atoms with Crippen molar-refractivity contribution in [2.45, 2.75) is 37.6 Å². The molecule has 1 aromatic heterocycles. The first-order chi connectivity index (χ1) is 14.2. The molecule has 0 aliphatic carbocycles. The van der Waals surface area contributed by atoms with Gasteiger partial charge < -0.3 is 19.4 Å². The van der Waals surface area contributed by atoms with Crippen LogP contribution in [0, 0.1) is 5.92 Å². The lowest BCUT2D eigenvalue weighted by Crippen LogP contribution is -2.52. The van der Waals surface area contributed by atoms with E-state index in [1.807, 2.05) is 35.2 Å². The van der Waals surface area contributed by atoms with Crippen molar-refractivity contribution in [3.8, 4) is 0 Å². The summed E-state index contributed by atoms with van der Waals surface area (Å²) in [5, 5.41) is 2.94. The van der Waals surface area contributed by atoms with Crippen LogP contribution in [0.25, 0.3) is 0 Å². The van der Waals surface area contributed by atoms with E-state index in [2.05, 4.69) is 17.4 Å². The van der Waals surface area contributed by atoms with E-state index in [1.165, 1.54) is 0 Å². The number of nitrogens with zero attached hydrogens (tertiary/aromatic N) is 1. The van der Waals surface area contributed by atoms with E-state index in [4.69, 9.17) is 9.15 Å². The Hall–Kier alpha value is -2.60. The summed E-state index contributed by atoms with van der Waals surface area (Å²) in [5.74, 6) is 0.908. The number of hydrogen-bond acceptors (Lipinski definition) is 4. The smallest absolute Gasteiger partial charge is 0.233 e. The molecule has 2 fully saturated rings. The van der Waals surface area contributed by atoms with Gasteiger partial charge in [-0.05, 0) is 43.4 Å². The minimum Gasteiger partial charge on any atom is -0.467 e. The van der Waals surface area contributed by atoms with Gasteiger partial charge in [0.1, 0.15) is 5.76 Å². The number of carbonyl (C=O) groups excluding carboxylic acids is 2. The zero-order valence-electron chi connectivity index (χ0n) is 16.6. The molecular formula is C23H28N2O4. The Kier molecular flexibility index (Phi) is 6.00. The number of nitrogens with one attached hydrogen (secondary N) is 1. The molecule has 6 nitrogen and oxygen atoms in total. The normalized spacial score (nSPS) is 19.7. The van der Waals surface area contributed by atoms with Crippen molar-refractivity contribution >= 4 is 11.8 Å². The molecule has 1 aromatic carbocycles. The van der Waals surface area contributed by atoms with E-state index in [9.17, 15) is 9.59 Å².